The summed E-state index contributed by atoms with van der Waals surface area (Å²) in [4.78, 5) is 36.9. The van der Waals surface area contributed by atoms with Gasteiger partial charge in [-0.25, -0.2) is 13.2 Å². The van der Waals surface area contributed by atoms with E-state index in [4.69, 9.17) is 4.74 Å². The Morgan fingerprint density at radius 2 is 1.69 bits per heavy atom. The molecule has 2 amide bonds. The largest absolute Gasteiger partial charge is 0.452 e. The molecule has 0 bridgehead atoms. The summed E-state index contributed by atoms with van der Waals surface area (Å²) in [6, 6.07) is 8.05. The second kappa shape index (κ2) is 10.2. The molecule has 1 N–H and O–H groups in total. The first-order valence-electron chi connectivity index (χ1n) is 9.18. The van der Waals surface area contributed by atoms with Crippen molar-refractivity contribution in [3.63, 3.8) is 0 Å². The van der Waals surface area contributed by atoms with Crippen LogP contribution in [-0.4, -0.2) is 74.2 Å². The highest BCUT2D eigenvalue weighted by Crippen LogP contribution is 2.17. The van der Waals surface area contributed by atoms with Crippen molar-refractivity contribution >= 4 is 27.8 Å². The number of hydrogen-bond donors (Lipinski definition) is 1. The molecule has 0 atom stereocenters. The molecule has 1 aromatic rings. The van der Waals surface area contributed by atoms with E-state index in [2.05, 4.69) is 5.32 Å². The highest BCUT2D eigenvalue weighted by atomic mass is 32.2. The molecule has 0 radical (unpaired) electrons. The minimum absolute atomic E-state index is 0.0669. The number of benzene rings is 1. The third-order valence-electron chi connectivity index (χ3n) is 4.09. The van der Waals surface area contributed by atoms with Gasteiger partial charge in [0, 0.05) is 44.4 Å². The van der Waals surface area contributed by atoms with Gasteiger partial charge in [0.1, 0.15) is 0 Å². The molecule has 0 unspecified atom stereocenters. The van der Waals surface area contributed by atoms with E-state index in [9.17, 15) is 22.8 Å². The highest BCUT2D eigenvalue weighted by Gasteiger charge is 2.29. The molecule has 0 aliphatic carbocycles. The molecule has 1 heterocycles. The van der Waals surface area contributed by atoms with Gasteiger partial charge in [-0.15, -0.1) is 0 Å². The zero-order valence-corrected chi connectivity index (χ0v) is 17.2. The molecule has 0 saturated carbocycles. The van der Waals surface area contributed by atoms with Crippen LogP contribution >= 0.6 is 0 Å². The summed E-state index contributed by atoms with van der Waals surface area (Å²) < 4.78 is 31.3. The molecule has 0 aromatic heterocycles. The van der Waals surface area contributed by atoms with Gasteiger partial charge in [-0.2, -0.15) is 4.31 Å². The van der Waals surface area contributed by atoms with E-state index < -0.39 is 34.4 Å². The SMILES string of the molecule is CC(C)NC(=O)COC(=O)/C=C/C(=O)N1CCN(S(=O)(=O)c2ccccc2)CC1. The van der Waals surface area contributed by atoms with Gasteiger partial charge in [0.2, 0.25) is 15.9 Å². The number of carbonyl (C=O) groups excluding carboxylic acids is 3. The van der Waals surface area contributed by atoms with Gasteiger partial charge >= 0.3 is 5.97 Å². The number of sulfonamides is 1. The maximum atomic E-state index is 12.6. The van der Waals surface area contributed by atoms with E-state index in [0.29, 0.717) is 0 Å². The van der Waals surface area contributed by atoms with Gasteiger partial charge in [0.25, 0.3) is 5.91 Å². The van der Waals surface area contributed by atoms with Gasteiger partial charge in [0.15, 0.2) is 6.61 Å². The van der Waals surface area contributed by atoms with Gasteiger partial charge in [-0.1, -0.05) is 18.2 Å². The lowest BCUT2D eigenvalue weighted by Gasteiger charge is -2.33. The van der Waals surface area contributed by atoms with Crippen LogP contribution in [0.4, 0.5) is 0 Å². The van der Waals surface area contributed by atoms with Crippen LogP contribution in [0.1, 0.15) is 13.8 Å². The Hall–Kier alpha value is -2.72. The van der Waals surface area contributed by atoms with Gasteiger partial charge in [-0.3, -0.25) is 9.59 Å². The number of ether oxygens (including phenoxy) is 1. The predicted octanol–water partition coefficient (Wildman–Crippen LogP) is 0.144. The maximum Gasteiger partial charge on any atom is 0.331 e. The lowest BCUT2D eigenvalue weighted by molar-refractivity contribution is -0.144. The quantitative estimate of drug-likeness (QED) is 0.493. The van der Waals surface area contributed by atoms with Crippen LogP contribution in [0.2, 0.25) is 0 Å². The Bertz CT molecular complexity index is 859. The summed E-state index contributed by atoms with van der Waals surface area (Å²) in [6.07, 6.45) is 2.02. The van der Waals surface area contributed by atoms with Crippen molar-refractivity contribution in [2.45, 2.75) is 24.8 Å². The molecule has 1 aromatic carbocycles. The van der Waals surface area contributed by atoms with E-state index in [1.54, 1.807) is 32.0 Å². The average Bonchev–Trinajstić information content (AvgIpc) is 2.70. The van der Waals surface area contributed by atoms with Crippen LogP contribution in [0, 0.1) is 0 Å². The minimum atomic E-state index is -3.60. The number of nitrogens with one attached hydrogen (secondary N) is 1. The van der Waals surface area contributed by atoms with Gasteiger partial charge in [0.05, 0.1) is 4.90 Å². The van der Waals surface area contributed by atoms with Crippen molar-refractivity contribution < 1.29 is 27.5 Å². The minimum Gasteiger partial charge on any atom is -0.452 e. The summed E-state index contributed by atoms with van der Waals surface area (Å²) >= 11 is 0. The Balaban J connectivity index is 1.82. The summed E-state index contributed by atoms with van der Waals surface area (Å²) in [7, 11) is -3.60. The summed E-state index contributed by atoms with van der Waals surface area (Å²) in [5.41, 5.74) is 0. The van der Waals surface area contributed by atoms with Crippen LogP contribution in [0.5, 0.6) is 0 Å². The number of esters is 1. The third kappa shape index (κ3) is 6.68. The molecule has 29 heavy (non-hydrogen) atoms. The molecule has 158 valence electrons. The predicted molar refractivity (Wildman–Crippen MR) is 105 cm³/mol. The van der Waals surface area contributed by atoms with Crippen LogP contribution in [-0.2, 0) is 29.1 Å². The normalized spacial score (nSPS) is 15.5. The second-order valence-corrected chi connectivity index (χ2v) is 8.64. The Labute approximate surface area is 170 Å². The standard InChI is InChI=1S/C19H25N3O6S/c1-15(2)20-17(23)14-28-19(25)9-8-18(24)21-10-12-22(13-11-21)29(26,27)16-6-4-3-5-7-16/h3-9,15H,10-14H2,1-2H3,(H,20,23)/b9-8+. The molecular weight excluding hydrogens is 398 g/mol. The van der Waals surface area contributed by atoms with Crippen LogP contribution in [0.25, 0.3) is 0 Å². The Kier molecular flexibility index (Phi) is 7.91. The van der Waals surface area contributed by atoms with Gasteiger partial charge < -0.3 is 15.0 Å². The van der Waals surface area contributed by atoms with Crippen molar-refractivity contribution in [2.24, 2.45) is 0 Å². The molecule has 0 spiro atoms. The lowest BCUT2D eigenvalue weighted by Crippen LogP contribution is -2.50. The van der Waals surface area contributed by atoms with Crippen molar-refractivity contribution in [3.8, 4) is 0 Å². The van der Waals surface area contributed by atoms with Crippen LogP contribution in [0.3, 0.4) is 0 Å². The fourth-order valence-electron chi connectivity index (χ4n) is 2.68. The monoisotopic (exact) mass is 423 g/mol. The second-order valence-electron chi connectivity index (χ2n) is 6.71. The zero-order chi connectivity index (χ0) is 21.4. The summed E-state index contributed by atoms with van der Waals surface area (Å²) in [5, 5.41) is 2.57. The molecule has 2 rings (SSSR count). The smallest absolute Gasteiger partial charge is 0.331 e. The van der Waals surface area contributed by atoms with E-state index in [1.807, 2.05) is 0 Å². The fourth-order valence-corrected chi connectivity index (χ4v) is 4.13. The van der Waals surface area contributed by atoms with Crippen molar-refractivity contribution in [3.05, 3.63) is 42.5 Å². The number of amides is 2. The van der Waals surface area contributed by atoms with Crippen LogP contribution < -0.4 is 5.32 Å². The topological polar surface area (TPSA) is 113 Å². The van der Waals surface area contributed by atoms with Crippen LogP contribution in [0.15, 0.2) is 47.4 Å². The van der Waals surface area contributed by atoms with E-state index >= 15 is 0 Å². The summed E-state index contributed by atoms with van der Waals surface area (Å²) in [5.74, 6) is -1.66. The molecule has 9 nitrogen and oxygen atoms in total. The number of rotatable bonds is 7. The third-order valence-corrected chi connectivity index (χ3v) is 6.00. The van der Waals surface area contributed by atoms with E-state index in [1.165, 1.54) is 21.3 Å². The van der Waals surface area contributed by atoms with E-state index in [-0.39, 0.29) is 37.1 Å². The number of carbonyl (C=O) groups is 3. The summed E-state index contributed by atoms with van der Waals surface area (Å²) in [6.45, 7) is 3.88. The van der Waals surface area contributed by atoms with Crippen molar-refractivity contribution in [1.82, 2.24) is 14.5 Å². The highest BCUT2D eigenvalue weighted by molar-refractivity contribution is 7.89. The first kappa shape index (κ1) is 22.6. The Morgan fingerprint density at radius 1 is 1.07 bits per heavy atom. The maximum absolute atomic E-state index is 12.6. The molecule has 1 aliphatic rings. The molecule has 10 heteroatoms. The number of piperazine rings is 1. The fraction of sp³-hybridized carbons (Fsp3) is 0.421. The lowest BCUT2D eigenvalue weighted by atomic mass is 10.3. The Morgan fingerprint density at radius 3 is 2.28 bits per heavy atom. The average molecular weight is 423 g/mol. The first-order chi connectivity index (χ1) is 13.7. The van der Waals surface area contributed by atoms with Crippen molar-refractivity contribution in [2.75, 3.05) is 32.8 Å². The number of nitrogens with zero attached hydrogens (tertiary/aromatic N) is 2. The van der Waals surface area contributed by atoms with Crippen molar-refractivity contribution in [1.29, 1.82) is 0 Å². The molecular formula is C19H25N3O6S. The number of hydrogen-bond acceptors (Lipinski definition) is 6. The zero-order valence-electron chi connectivity index (χ0n) is 16.4. The molecule has 1 aliphatic heterocycles. The molecule has 1 saturated heterocycles. The molecule has 1 fully saturated rings. The first-order valence-corrected chi connectivity index (χ1v) is 10.6. The van der Waals surface area contributed by atoms with E-state index in [0.717, 1.165) is 12.2 Å². The van der Waals surface area contributed by atoms with Gasteiger partial charge in [-0.05, 0) is 26.0 Å².